The number of nitrogens with one attached hydrogen (secondary N) is 2. The molecule has 0 radical (unpaired) electrons. The minimum Gasteiger partial charge on any atom is -0.493 e. The zero-order valence-electron chi connectivity index (χ0n) is 19.7. The van der Waals surface area contributed by atoms with Crippen LogP contribution in [-0.4, -0.2) is 44.5 Å². The number of nitrogens with zero attached hydrogens (tertiary/aromatic N) is 2. The highest BCUT2D eigenvalue weighted by Gasteiger charge is 2.25. The van der Waals surface area contributed by atoms with E-state index in [2.05, 4.69) is 15.0 Å². The van der Waals surface area contributed by atoms with Crippen LogP contribution in [0.5, 0.6) is 5.88 Å². The molecule has 2 aromatic carbocycles. The van der Waals surface area contributed by atoms with E-state index < -0.39 is 29.1 Å². The van der Waals surface area contributed by atoms with Crippen molar-refractivity contribution in [2.45, 2.75) is 32.7 Å². The monoisotopic (exact) mass is 474 g/mol. The van der Waals surface area contributed by atoms with Crippen molar-refractivity contribution < 1.29 is 14.6 Å². The van der Waals surface area contributed by atoms with E-state index in [4.69, 9.17) is 4.74 Å². The summed E-state index contributed by atoms with van der Waals surface area (Å²) in [6.07, 6.45) is 2.25. The lowest BCUT2D eigenvalue weighted by Gasteiger charge is -2.16. The van der Waals surface area contributed by atoms with Gasteiger partial charge in [-0.05, 0) is 36.6 Å². The van der Waals surface area contributed by atoms with E-state index in [1.54, 1.807) is 38.1 Å². The van der Waals surface area contributed by atoms with Gasteiger partial charge in [-0.25, -0.2) is 14.2 Å². The molecule has 35 heavy (non-hydrogen) atoms. The van der Waals surface area contributed by atoms with Gasteiger partial charge in [0.05, 0.1) is 18.5 Å². The molecular formula is C26H26N4O5. The smallest absolute Gasteiger partial charge is 0.335 e. The van der Waals surface area contributed by atoms with Crippen LogP contribution >= 0.6 is 0 Å². The highest BCUT2D eigenvalue weighted by atomic mass is 16.5. The Hall–Kier alpha value is -4.40. The van der Waals surface area contributed by atoms with Crippen molar-refractivity contribution in [1.29, 1.82) is 0 Å². The van der Waals surface area contributed by atoms with Crippen LogP contribution in [0.3, 0.4) is 0 Å². The van der Waals surface area contributed by atoms with Gasteiger partial charge in [-0.2, -0.15) is 0 Å². The van der Waals surface area contributed by atoms with Gasteiger partial charge in [0.1, 0.15) is 5.56 Å². The first-order valence-electron chi connectivity index (χ1n) is 11.2. The van der Waals surface area contributed by atoms with E-state index in [-0.39, 0.29) is 24.1 Å². The number of carbonyl (C=O) groups excluding carboxylic acids is 1. The minimum absolute atomic E-state index is 0.164. The molecule has 2 aromatic heterocycles. The van der Waals surface area contributed by atoms with E-state index in [9.17, 15) is 19.5 Å². The SMILES string of the molecule is CCC(=NC(Cc1c[nH]c2ccccc12)C(=O)OC)c1c(O)n(-c2ccccc2C)c(=O)[nH]c1=O. The second-order valence-corrected chi connectivity index (χ2v) is 8.11. The van der Waals surface area contributed by atoms with Crippen LogP contribution in [0.4, 0.5) is 0 Å². The standard InChI is InChI=1S/C26H26N4O5/c1-4-18(22-23(31)29-26(34)30(24(22)32)21-12-8-5-9-15(21)2)28-20(25(33)35-3)13-16-14-27-19-11-7-6-10-17(16)19/h5-12,14,20,27,32H,4,13H2,1-3H3,(H,29,31,34). The number of hydrogen-bond acceptors (Lipinski definition) is 6. The second kappa shape index (κ2) is 9.84. The highest BCUT2D eigenvalue weighted by Crippen LogP contribution is 2.23. The number of hydrogen-bond donors (Lipinski definition) is 3. The predicted molar refractivity (Wildman–Crippen MR) is 134 cm³/mol. The summed E-state index contributed by atoms with van der Waals surface area (Å²) in [5.74, 6) is -1.12. The number of H-pyrrole nitrogens is 2. The number of aromatic amines is 2. The van der Waals surface area contributed by atoms with Gasteiger partial charge in [0.15, 0.2) is 6.04 Å². The average Bonchev–Trinajstić information content (AvgIpc) is 3.26. The fourth-order valence-electron chi connectivity index (χ4n) is 4.17. The molecule has 2 heterocycles. The largest absolute Gasteiger partial charge is 0.493 e. The third kappa shape index (κ3) is 4.52. The van der Waals surface area contributed by atoms with Gasteiger partial charge in [-0.1, -0.05) is 43.3 Å². The molecule has 0 spiro atoms. The molecule has 0 saturated heterocycles. The van der Waals surface area contributed by atoms with Crippen LogP contribution in [0, 0.1) is 6.92 Å². The molecule has 9 nitrogen and oxygen atoms in total. The van der Waals surface area contributed by atoms with Crippen LogP contribution in [0.1, 0.15) is 30.0 Å². The van der Waals surface area contributed by atoms with E-state index >= 15 is 0 Å². The maximum Gasteiger partial charge on any atom is 0.335 e. The molecule has 0 aliphatic carbocycles. The molecule has 0 bridgehead atoms. The lowest BCUT2D eigenvalue weighted by atomic mass is 10.0. The maximum atomic E-state index is 12.8. The fraction of sp³-hybridized carbons (Fsp3) is 0.231. The molecule has 0 aliphatic heterocycles. The van der Waals surface area contributed by atoms with Gasteiger partial charge in [0, 0.05) is 23.5 Å². The minimum atomic E-state index is -0.966. The Bertz CT molecular complexity index is 1540. The van der Waals surface area contributed by atoms with Crippen molar-refractivity contribution in [3.05, 3.63) is 92.3 Å². The topological polar surface area (TPSA) is 130 Å². The molecule has 0 amide bonds. The quantitative estimate of drug-likeness (QED) is 0.280. The van der Waals surface area contributed by atoms with Gasteiger partial charge in [0.2, 0.25) is 5.88 Å². The molecule has 0 fully saturated rings. The fourth-order valence-corrected chi connectivity index (χ4v) is 4.17. The number of rotatable bonds is 7. The van der Waals surface area contributed by atoms with Crippen LogP contribution in [-0.2, 0) is 16.0 Å². The number of aryl methyl sites for hydroxylation is 1. The molecule has 0 saturated carbocycles. The molecule has 4 aromatic rings. The Morgan fingerprint density at radius 1 is 1.14 bits per heavy atom. The molecular weight excluding hydrogens is 448 g/mol. The van der Waals surface area contributed by atoms with Gasteiger partial charge in [-0.3, -0.25) is 14.8 Å². The van der Waals surface area contributed by atoms with E-state index in [0.29, 0.717) is 5.69 Å². The molecule has 4 rings (SSSR count). The summed E-state index contributed by atoms with van der Waals surface area (Å²) in [5, 5.41) is 12.0. The number of fused-ring (bicyclic) bond motifs is 1. The number of aromatic nitrogens is 3. The maximum absolute atomic E-state index is 12.8. The predicted octanol–water partition coefficient (Wildman–Crippen LogP) is 3.00. The van der Waals surface area contributed by atoms with E-state index in [0.717, 1.165) is 26.6 Å². The van der Waals surface area contributed by atoms with E-state index in [1.807, 2.05) is 30.5 Å². The summed E-state index contributed by atoms with van der Waals surface area (Å²) in [5.41, 5.74) is 1.39. The normalized spacial score (nSPS) is 12.6. The molecule has 1 unspecified atom stereocenters. The summed E-state index contributed by atoms with van der Waals surface area (Å²) < 4.78 is 6.01. The number of aromatic hydroxyl groups is 1. The first-order chi connectivity index (χ1) is 16.8. The molecule has 180 valence electrons. The van der Waals surface area contributed by atoms with Gasteiger partial charge >= 0.3 is 11.7 Å². The van der Waals surface area contributed by atoms with Crippen molar-refractivity contribution in [2.24, 2.45) is 4.99 Å². The zero-order chi connectivity index (χ0) is 25.1. The van der Waals surface area contributed by atoms with Crippen molar-refractivity contribution in [3.8, 4) is 11.6 Å². The number of ether oxygens (including phenoxy) is 1. The number of para-hydroxylation sites is 2. The molecule has 1 atom stereocenters. The van der Waals surface area contributed by atoms with Gasteiger partial charge < -0.3 is 14.8 Å². The van der Waals surface area contributed by atoms with Crippen LogP contribution in [0.25, 0.3) is 16.6 Å². The number of carbonyl (C=O) groups is 1. The van der Waals surface area contributed by atoms with Crippen LogP contribution < -0.4 is 11.2 Å². The average molecular weight is 475 g/mol. The highest BCUT2D eigenvalue weighted by molar-refractivity contribution is 6.03. The number of esters is 1. The van der Waals surface area contributed by atoms with Crippen molar-refractivity contribution in [1.82, 2.24) is 14.5 Å². The number of aliphatic imine (C=N–C) groups is 1. The second-order valence-electron chi connectivity index (χ2n) is 8.11. The van der Waals surface area contributed by atoms with E-state index in [1.165, 1.54) is 7.11 Å². The van der Waals surface area contributed by atoms with Crippen LogP contribution in [0.2, 0.25) is 0 Å². The Morgan fingerprint density at radius 2 is 1.86 bits per heavy atom. The first kappa shape index (κ1) is 23.7. The Kier molecular flexibility index (Phi) is 6.68. The summed E-state index contributed by atoms with van der Waals surface area (Å²) in [7, 11) is 1.27. The Morgan fingerprint density at radius 3 is 2.57 bits per heavy atom. The van der Waals surface area contributed by atoms with Gasteiger partial charge in [-0.15, -0.1) is 0 Å². The zero-order valence-corrected chi connectivity index (χ0v) is 19.7. The summed E-state index contributed by atoms with van der Waals surface area (Å²) >= 11 is 0. The summed E-state index contributed by atoms with van der Waals surface area (Å²) in [4.78, 5) is 48.1. The Labute approximate surface area is 200 Å². The first-order valence-corrected chi connectivity index (χ1v) is 11.2. The lowest BCUT2D eigenvalue weighted by Crippen LogP contribution is -2.34. The number of methoxy groups -OCH3 is 1. The molecule has 9 heteroatoms. The molecule has 0 aliphatic rings. The van der Waals surface area contributed by atoms with Gasteiger partial charge in [0.25, 0.3) is 5.56 Å². The summed E-state index contributed by atoms with van der Waals surface area (Å²) in [6.45, 7) is 3.54. The Balaban J connectivity index is 1.84. The van der Waals surface area contributed by atoms with Crippen LogP contribution in [0.15, 0.2) is 69.3 Å². The third-order valence-electron chi connectivity index (χ3n) is 5.94. The van der Waals surface area contributed by atoms with Crippen molar-refractivity contribution >= 4 is 22.6 Å². The lowest BCUT2D eigenvalue weighted by molar-refractivity contribution is -0.142. The van der Waals surface area contributed by atoms with Crippen molar-refractivity contribution in [2.75, 3.05) is 7.11 Å². The third-order valence-corrected chi connectivity index (χ3v) is 5.94. The molecule has 3 N–H and O–H groups in total. The summed E-state index contributed by atoms with van der Waals surface area (Å²) in [6, 6.07) is 13.7. The van der Waals surface area contributed by atoms with Crippen molar-refractivity contribution in [3.63, 3.8) is 0 Å². The number of benzene rings is 2.